The van der Waals surface area contributed by atoms with Crippen molar-refractivity contribution in [2.75, 3.05) is 23.3 Å². The molecule has 1 aromatic heterocycles. The lowest BCUT2D eigenvalue weighted by molar-refractivity contribution is 0.251. The van der Waals surface area contributed by atoms with Gasteiger partial charge in [0.05, 0.1) is 22.4 Å². The Balaban J connectivity index is 1.61. The first-order valence-electron chi connectivity index (χ1n) is 9.68. The van der Waals surface area contributed by atoms with Gasteiger partial charge in [-0.2, -0.15) is 0 Å². The van der Waals surface area contributed by atoms with Crippen LogP contribution < -0.4 is 21.2 Å². The molecule has 2 heterocycles. The molecule has 1 fully saturated rings. The van der Waals surface area contributed by atoms with E-state index in [1.807, 2.05) is 12.1 Å². The Bertz CT molecular complexity index is 1110. The maximum Gasteiger partial charge on any atom is 0.328 e. The van der Waals surface area contributed by atoms with E-state index >= 15 is 0 Å². The highest BCUT2D eigenvalue weighted by molar-refractivity contribution is 5.98. The molecule has 7 nitrogen and oxygen atoms in total. The van der Waals surface area contributed by atoms with E-state index in [9.17, 15) is 14.0 Å². The molecule has 1 aliphatic rings. The van der Waals surface area contributed by atoms with Crippen LogP contribution >= 0.6 is 0 Å². The number of carbonyl (C=O) groups excluding carboxylic acids is 1. The summed E-state index contributed by atoms with van der Waals surface area (Å²) < 4.78 is 16.2. The van der Waals surface area contributed by atoms with Gasteiger partial charge in [0.2, 0.25) is 0 Å². The second kappa shape index (κ2) is 7.62. The number of fused-ring (bicyclic) bond motifs is 1. The van der Waals surface area contributed by atoms with Crippen LogP contribution in [0.3, 0.4) is 0 Å². The van der Waals surface area contributed by atoms with Crippen LogP contribution in [0.2, 0.25) is 0 Å². The van der Waals surface area contributed by atoms with Crippen molar-refractivity contribution in [2.45, 2.75) is 19.4 Å². The van der Waals surface area contributed by atoms with E-state index in [-0.39, 0.29) is 24.1 Å². The summed E-state index contributed by atoms with van der Waals surface area (Å²) in [7, 11) is 3.47. The number of aromatic nitrogens is 2. The number of anilines is 2. The maximum atomic E-state index is 13.0. The largest absolute Gasteiger partial charge is 0.370 e. The summed E-state index contributed by atoms with van der Waals surface area (Å²) in [5.41, 5.74) is 3.86. The third kappa shape index (κ3) is 3.70. The first-order valence-corrected chi connectivity index (χ1v) is 9.68. The molecule has 0 saturated carbocycles. The van der Waals surface area contributed by atoms with Gasteiger partial charge in [0.1, 0.15) is 5.82 Å². The van der Waals surface area contributed by atoms with E-state index < -0.39 is 0 Å². The molecule has 0 radical (unpaired) electrons. The van der Waals surface area contributed by atoms with Crippen LogP contribution in [0.25, 0.3) is 11.0 Å². The quantitative estimate of drug-likeness (QED) is 0.711. The maximum absolute atomic E-state index is 13.0. The van der Waals surface area contributed by atoms with Gasteiger partial charge in [0, 0.05) is 33.7 Å². The Kier molecular flexibility index (Phi) is 5.00. The summed E-state index contributed by atoms with van der Waals surface area (Å²) in [5.74, 6) is -0.310. The number of benzene rings is 2. The van der Waals surface area contributed by atoms with Crippen LogP contribution in [0.4, 0.5) is 20.6 Å². The third-order valence-electron chi connectivity index (χ3n) is 5.45. The van der Waals surface area contributed by atoms with Gasteiger partial charge in [-0.25, -0.2) is 14.0 Å². The van der Waals surface area contributed by atoms with Crippen LogP contribution in [0, 0.1) is 5.82 Å². The van der Waals surface area contributed by atoms with Gasteiger partial charge in [0.25, 0.3) is 0 Å². The summed E-state index contributed by atoms with van der Waals surface area (Å²) in [5, 5.41) is 5.73. The predicted molar refractivity (Wildman–Crippen MR) is 112 cm³/mol. The van der Waals surface area contributed by atoms with Crippen LogP contribution in [0.1, 0.15) is 18.4 Å². The standard InChI is InChI=1S/C21H24FN5O2/c1-25-18-11-16(24-20(28)23-13-14-5-7-15(22)8-6-14)17(27-9-3-4-10-27)12-19(18)26(2)21(25)29/h5-8,11-12H,3-4,9-10,13H2,1-2H3,(H2,23,24,28). The summed E-state index contributed by atoms with van der Waals surface area (Å²) in [6.45, 7) is 2.12. The number of halogens is 1. The second-order valence-corrected chi connectivity index (χ2v) is 7.39. The molecule has 3 aromatic rings. The van der Waals surface area contributed by atoms with Crippen LogP contribution in [0.15, 0.2) is 41.2 Å². The van der Waals surface area contributed by atoms with Crippen molar-refractivity contribution < 1.29 is 9.18 Å². The number of hydrogen-bond donors (Lipinski definition) is 2. The van der Waals surface area contributed by atoms with E-state index in [1.54, 1.807) is 35.4 Å². The number of nitrogens with zero attached hydrogens (tertiary/aromatic N) is 3. The molecule has 2 aromatic carbocycles. The lowest BCUT2D eigenvalue weighted by Crippen LogP contribution is -2.29. The van der Waals surface area contributed by atoms with Gasteiger partial charge >= 0.3 is 11.7 Å². The van der Waals surface area contributed by atoms with Crippen molar-refractivity contribution in [3.63, 3.8) is 0 Å². The molecular weight excluding hydrogens is 373 g/mol. The molecule has 0 bridgehead atoms. The topological polar surface area (TPSA) is 71.3 Å². The lowest BCUT2D eigenvalue weighted by atomic mass is 10.2. The minimum absolute atomic E-state index is 0.106. The molecular formula is C21H24FN5O2. The third-order valence-corrected chi connectivity index (χ3v) is 5.45. The van der Waals surface area contributed by atoms with Crippen molar-refractivity contribution in [2.24, 2.45) is 14.1 Å². The van der Waals surface area contributed by atoms with Gasteiger partial charge in [-0.15, -0.1) is 0 Å². The van der Waals surface area contributed by atoms with Crippen molar-refractivity contribution in [1.29, 1.82) is 0 Å². The molecule has 2 amide bonds. The molecule has 0 spiro atoms. The minimum Gasteiger partial charge on any atom is -0.370 e. The van der Waals surface area contributed by atoms with Gasteiger partial charge < -0.3 is 15.5 Å². The predicted octanol–water partition coefficient (Wildman–Crippen LogP) is 2.94. The van der Waals surface area contributed by atoms with Crippen LogP contribution in [-0.4, -0.2) is 28.3 Å². The number of aryl methyl sites for hydroxylation is 2. The number of amides is 2. The number of carbonyl (C=O) groups is 1. The number of rotatable bonds is 4. The van der Waals surface area contributed by atoms with Crippen LogP contribution in [0.5, 0.6) is 0 Å². The minimum atomic E-state index is -0.352. The Morgan fingerprint density at radius 2 is 1.66 bits per heavy atom. The van der Waals surface area contributed by atoms with E-state index in [1.165, 1.54) is 12.1 Å². The highest BCUT2D eigenvalue weighted by Gasteiger charge is 2.20. The summed E-state index contributed by atoms with van der Waals surface area (Å²) in [6.07, 6.45) is 2.20. The smallest absolute Gasteiger partial charge is 0.328 e. The summed E-state index contributed by atoms with van der Waals surface area (Å²) in [4.78, 5) is 27.1. The van der Waals surface area contributed by atoms with Crippen LogP contribution in [-0.2, 0) is 20.6 Å². The van der Waals surface area contributed by atoms with E-state index in [2.05, 4.69) is 15.5 Å². The molecule has 4 rings (SSSR count). The Morgan fingerprint density at radius 1 is 1.03 bits per heavy atom. The average Bonchev–Trinajstić information content (AvgIpc) is 3.32. The molecule has 29 heavy (non-hydrogen) atoms. The molecule has 0 aliphatic carbocycles. The fourth-order valence-electron chi connectivity index (χ4n) is 3.81. The van der Waals surface area contributed by atoms with E-state index in [0.717, 1.165) is 48.2 Å². The van der Waals surface area contributed by atoms with E-state index in [0.29, 0.717) is 5.69 Å². The zero-order valence-electron chi connectivity index (χ0n) is 16.5. The molecule has 152 valence electrons. The molecule has 0 atom stereocenters. The number of urea groups is 1. The molecule has 1 aliphatic heterocycles. The van der Waals surface area contributed by atoms with Crippen molar-refractivity contribution >= 4 is 28.4 Å². The van der Waals surface area contributed by atoms with Crippen molar-refractivity contribution in [3.05, 3.63) is 58.3 Å². The van der Waals surface area contributed by atoms with Gasteiger partial charge in [-0.1, -0.05) is 12.1 Å². The normalized spacial score (nSPS) is 13.8. The molecule has 2 N–H and O–H groups in total. The van der Waals surface area contributed by atoms with Gasteiger partial charge in [-0.05, 0) is 42.7 Å². The molecule has 0 unspecified atom stereocenters. The molecule has 1 saturated heterocycles. The highest BCUT2D eigenvalue weighted by atomic mass is 19.1. The van der Waals surface area contributed by atoms with Crippen molar-refractivity contribution in [1.82, 2.24) is 14.5 Å². The zero-order valence-corrected chi connectivity index (χ0v) is 16.5. The second-order valence-electron chi connectivity index (χ2n) is 7.39. The monoisotopic (exact) mass is 397 g/mol. The first-order chi connectivity index (χ1) is 13.9. The lowest BCUT2D eigenvalue weighted by Gasteiger charge is -2.22. The van der Waals surface area contributed by atoms with Gasteiger partial charge in [0.15, 0.2) is 0 Å². The Labute approximate surface area is 167 Å². The van der Waals surface area contributed by atoms with Crippen molar-refractivity contribution in [3.8, 4) is 0 Å². The Hall–Kier alpha value is -3.29. The number of nitrogens with one attached hydrogen (secondary N) is 2. The number of hydrogen-bond acceptors (Lipinski definition) is 3. The Morgan fingerprint density at radius 3 is 2.31 bits per heavy atom. The SMILES string of the molecule is Cn1c(=O)n(C)c2cc(N3CCCC3)c(NC(=O)NCc3ccc(F)cc3)cc21. The highest BCUT2D eigenvalue weighted by Crippen LogP contribution is 2.33. The first kappa shape index (κ1) is 19.0. The fourth-order valence-corrected chi connectivity index (χ4v) is 3.81. The van der Waals surface area contributed by atoms with Gasteiger partial charge in [-0.3, -0.25) is 9.13 Å². The summed E-state index contributed by atoms with van der Waals surface area (Å²) in [6, 6.07) is 9.47. The summed E-state index contributed by atoms with van der Waals surface area (Å²) >= 11 is 0. The number of imidazole rings is 1. The fraction of sp³-hybridized carbons (Fsp3) is 0.333. The zero-order chi connectivity index (χ0) is 20.5. The molecule has 8 heteroatoms. The average molecular weight is 397 g/mol. The van der Waals surface area contributed by atoms with E-state index in [4.69, 9.17) is 0 Å².